The molecule has 3 N–H and O–H groups in total. The van der Waals surface area contributed by atoms with Gasteiger partial charge in [-0.05, 0) is 31.4 Å². The third-order valence-corrected chi connectivity index (χ3v) is 6.77. The van der Waals surface area contributed by atoms with E-state index in [0.29, 0.717) is 11.2 Å². The lowest BCUT2D eigenvalue weighted by Gasteiger charge is -2.17. The minimum Gasteiger partial charge on any atom is -0.332 e. The van der Waals surface area contributed by atoms with Crippen LogP contribution >= 0.6 is 34.3 Å². The number of nitrogens with one attached hydrogen (secondary N) is 1. The SMILES string of the molecule is C[C@@H]([NH2+][C@H](C)c1ccccc1Cl)c1nc2scc(-c3cccs3)c2c(=O)[nH]1. The lowest BCUT2D eigenvalue weighted by atomic mass is 10.1. The van der Waals surface area contributed by atoms with Gasteiger partial charge in [0.05, 0.1) is 5.39 Å². The fourth-order valence-electron chi connectivity index (χ4n) is 3.27. The van der Waals surface area contributed by atoms with Gasteiger partial charge in [-0.3, -0.25) is 4.79 Å². The lowest BCUT2D eigenvalue weighted by molar-refractivity contribution is -0.729. The van der Waals surface area contributed by atoms with Gasteiger partial charge in [0.1, 0.15) is 16.9 Å². The number of nitrogens with two attached hydrogens (primary N) is 1. The van der Waals surface area contributed by atoms with Crippen molar-refractivity contribution in [3.8, 4) is 10.4 Å². The molecule has 0 saturated heterocycles. The second kappa shape index (κ2) is 7.56. The van der Waals surface area contributed by atoms with Gasteiger partial charge in [0.2, 0.25) is 0 Å². The van der Waals surface area contributed by atoms with Gasteiger partial charge in [-0.2, -0.15) is 0 Å². The molecule has 3 aromatic heterocycles. The number of nitrogens with zero attached hydrogens (tertiary/aromatic N) is 1. The number of quaternary nitrogens is 1. The highest BCUT2D eigenvalue weighted by Gasteiger charge is 2.21. The summed E-state index contributed by atoms with van der Waals surface area (Å²) >= 11 is 9.46. The molecule has 0 saturated carbocycles. The topological polar surface area (TPSA) is 62.4 Å². The maximum atomic E-state index is 12.8. The van der Waals surface area contributed by atoms with Crippen LogP contribution in [0.15, 0.2) is 52.0 Å². The number of thiophene rings is 2. The number of aromatic amines is 1. The molecule has 4 aromatic rings. The van der Waals surface area contributed by atoms with Crippen molar-refractivity contribution in [1.82, 2.24) is 9.97 Å². The molecule has 138 valence electrons. The van der Waals surface area contributed by atoms with Gasteiger partial charge in [-0.25, -0.2) is 4.98 Å². The molecular formula is C20H19ClN3OS2+. The van der Waals surface area contributed by atoms with E-state index in [2.05, 4.69) is 17.2 Å². The number of rotatable bonds is 5. The molecule has 4 rings (SSSR count). The van der Waals surface area contributed by atoms with Crippen molar-refractivity contribution in [1.29, 1.82) is 0 Å². The Kier molecular flexibility index (Phi) is 5.14. The third-order valence-electron chi connectivity index (χ3n) is 4.65. The maximum Gasteiger partial charge on any atom is 0.260 e. The molecule has 7 heteroatoms. The Bertz CT molecular complexity index is 1130. The number of aromatic nitrogens is 2. The molecule has 3 heterocycles. The first-order chi connectivity index (χ1) is 13.0. The molecule has 0 spiro atoms. The molecule has 0 bridgehead atoms. The Morgan fingerprint density at radius 2 is 1.93 bits per heavy atom. The Balaban J connectivity index is 1.64. The van der Waals surface area contributed by atoms with Gasteiger partial charge in [-0.15, -0.1) is 22.7 Å². The van der Waals surface area contributed by atoms with Crippen LogP contribution in [-0.2, 0) is 0 Å². The van der Waals surface area contributed by atoms with Gasteiger partial charge >= 0.3 is 0 Å². The smallest absolute Gasteiger partial charge is 0.260 e. The van der Waals surface area contributed by atoms with Crippen LogP contribution in [0.25, 0.3) is 20.7 Å². The molecule has 0 aliphatic carbocycles. The average molecular weight is 417 g/mol. The van der Waals surface area contributed by atoms with Crippen LogP contribution in [-0.4, -0.2) is 9.97 Å². The first-order valence-electron chi connectivity index (χ1n) is 8.69. The van der Waals surface area contributed by atoms with Crippen molar-refractivity contribution < 1.29 is 5.32 Å². The first-order valence-corrected chi connectivity index (χ1v) is 10.8. The van der Waals surface area contributed by atoms with Gasteiger partial charge in [0.25, 0.3) is 5.56 Å². The van der Waals surface area contributed by atoms with Crippen LogP contribution in [0.5, 0.6) is 0 Å². The predicted molar refractivity (Wildman–Crippen MR) is 114 cm³/mol. The van der Waals surface area contributed by atoms with E-state index in [1.54, 1.807) is 11.3 Å². The van der Waals surface area contributed by atoms with E-state index in [4.69, 9.17) is 16.6 Å². The molecule has 0 amide bonds. The van der Waals surface area contributed by atoms with E-state index < -0.39 is 0 Å². The molecule has 2 atom stereocenters. The third kappa shape index (κ3) is 3.58. The number of H-pyrrole nitrogens is 1. The van der Waals surface area contributed by atoms with E-state index in [9.17, 15) is 4.79 Å². The van der Waals surface area contributed by atoms with E-state index in [1.807, 2.05) is 54.1 Å². The summed E-state index contributed by atoms with van der Waals surface area (Å²) in [5.41, 5.74) is 1.96. The summed E-state index contributed by atoms with van der Waals surface area (Å²) in [6.07, 6.45) is 0. The highest BCUT2D eigenvalue weighted by atomic mass is 35.5. The quantitative estimate of drug-likeness (QED) is 0.493. The van der Waals surface area contributed by atoms with Crippen LogP contribution in [0.1, 0.15) is 37.3 Å². The number of hydrogen-bond donors (Lipinski definition) is 2. The Morgan fingerprint density at radius 1 is 1.11 bits per heavy atom. The average Bonchev–Trinajstić information content (AvgIpc) is 3.31. The predicted octanol–water partition coefficient (Wildman–Crippen LogP) is 4.75. The zero-order valence-electron chi connectivity index (χ0n) is 14.9. The molecule has 0 aliphatic heterocycles. The standard InChI is InChI=1S/C20H18ClN3OS2/c1-11(13-6-3-4-7-15(13)21)22-12(2)18-23-19(25)17-14(10-27-20(17)24-18)16-8-5-9-26-16/h3-12,22H,1-2H3,(H,23,24,25)/p+1/t11-,12-/m1/s1. The zero-order valence-corrected chi connectivity index (χ0v) is 17.3. The van der Waals surface area contributed by atoms with Crippen LogP contribution in [0.2, 0.25) is 5.02 Å². The molecule has 0 radical (unpaired) electrons. The summed E-state index contributed by atoms with van der Waals surface area (Å²) in [6.45, 7) is 4.15. The monoisotopic (exact) mass is 416 g/mol. The largest absolute Gasteiger partial charge is 0.332 e. The summed E-state index contributed by atoms with van der Waals surface area (Å²) in [5.74, 6) is 0.686. The van der Waals surface area contributed by atoms with E-state index in [1.165, 1.54) is 11.3 Å². The van der Waals surface area contributed by atoms with E-state index in [0.717, 1.165) is 25.9 Å². The zero-order chi connectivity index (χ0) is 19.0. The van der Waals surface area contributed by atoms with E-state index >= 15 is 0 Å². The van der Waals surface area contributed by atoms with Crippen molar-refractivity contribution >= 4 is 44.5 Å². The van der Waals surface area contributed by atoms with Gasteiger partial charge < -0.3 is 10.3 Å². The van der Waals surface area contributed by atoms with Gasteiger partial charge in [-0.1, -0.05) is 35.9 Å². The molecular weight excluding hydrogens is 398 g/mol. The maximum absolute atomic E-state index is 12.8. The molecule has 4 nitrogen and oxygen atoms in total. The summed E-state index contributed by atoms with van der Waals surface area (Å²) in [4.78, 5) is 22.4. The van der Waals surface area contributed by atoms with Crippen molar-refractivity contribution in [2.24, 2.45) is 0 Å². The van der Waals surface area contributed by atoms with Crippen LogP contribution in [0.3, 0.4) is 0 Å². The molecule has 27 heavy (non-hydrogen) atoms. The highest BCUT2D eigenvalue weighted by molar-refractivity contribution is 7.18. The minimum absolute atomic E-state index is 0.000612. The van der Waals surface area contributed by atoms with Crippen LogP contribution in [0.4, 0.5) is 0 Å². The number of fused-ring (bicyclic) bond motifs is 1. The summed E-state index contributed by atoms with van der Waals surface area (Å²) in [6, 6.07) is 12.0. The van der Waals surface area contributed by atoms with Gasteiger partial charge in [0.15, 0.2) is 5.82 Å². The number of hydrogen-bond acceptors (Lipinski definition) is 4. The van der Waals surface area contributed by atoms with Crippen molar-refractivity contribution in [3.63, 3.8) is 0 Å². The molecule has 0 fully saturated rings. The lowest BCUT2D eigenvalue weighted by Crippen LogP contribution is -2.85. The Morgan fingerprint density at radius 3 is 2.67 bits per heavy atom. The second-order valence-corrected chi connectivity index (χ2v) is 8.76. The first kappa shape index (κ1) is 18.4. The fraction of sp³-hybridized carbons (Fsp3) is 0.200. The van der Waals surface area contributed by atoms with Crippen LogP contribution < -0.4 is 10.9 Å². The van der Waals surface area contributed by atoms with E-state index in [-0.39, 0.29) is 17.6 Å². The Labute approximate surface area is 169 Å². The van der Waals surface area contributed by atoms with Crippen LogP contribution in [0, 0.1) is 0 Å². The molecule has 1 aromatic carbocycles. The van der Waals surface area contributed by atoms with Crippen molar-refractivity contribution in [3.05, 3.63) is 73.9 Å². The van der Waals surface area contributed by atoms with Crippen molar-refractivity contribution in [2.45, 2.75) is 25.9 Å². The number of halogens is 1. The summed E-state index contributed by atoms with van der Waals surface area (Å²) in [7, 11) is 0. The summed E-state index contributed by atoms with van der Waals surface area (Å²) < 4.78 is 0. The van der Waals surface area contributed by atoms with Crippen molar-refractivity contribution in [2.75, 3.05) is 0 Å². The summed E-state index contributed by atoms with van der Waals surface area (Å²) in [5, 5.41) is 7.63. The highest BCUT2D eigenvalue weighted by Crippen LogP contribution is 2.33. The normalized spacial score (nSPS) is 13.7. The molecule has 0 aliphatic rings. The number of benzene rings is 1. The minimum atomic E-state index is -0.0784. The Hall–Kier alpha value is -1.99. The second-order valence-electron chi connectivity index (χ2n) is 6.55. The fourth-order valence-corrected chi connectivity index (χ4v) is 5.34. The molecule has 0 unspecified atom stereocenters. The van der Waals surface area contributed by atoms with Gasteiger partial charge in [0, 0.05) is 26.4 Å².